The Morgan fingerprint density at radius 1 is 1.14 bits per heavy atom. The highest BCUT2D eigenvalue weighted by atomic mass is 16.3. The summed E-state index contributed by atoms with van der Waals surface area (Å²) in [6, 6.07) is 11.8. The number of hydrogen-bond donors (Lipinski definition) is 2. The van der Waals surface area contributed by atoms with Crippen LogP contribution in [-0.4, -0.2) is 37.2 Å². The normalized spacial score (nSPS) is 12.8. The lowest BCUT2D eigenvalue weighted by molar-refractivity contribution is 0.199. The molecule has 4 nitrogen and oxygen atoms in total. The Labute approximate surface area is 132 Å². The average molecular weight is 302 g/mol. The van der Waals surface area contributed by atoms with E-state index < -0.39 is 6.10 Å². The molecule has 22 heavy (non-hydrogen) atoms. The maximum absolute atomic E-state index is 9.53. The smallest absolute Gasteiger partial charge is 0.134 e. The van der Waals surface area contributed by atoms with Crippen molar-refractivity contribution in [3.05, 3.63) is 47.7 Å². The summed E-state index contributed by atoms with van der Waals surface area (Å²) < 4.78 is 5.86. The number of nitrogens with one attached hydrogen (secondary N) is 1. The molecule has 0 aliphatic rings. The van der Waals surface area contributed by atoms with Crippen LogP contribution in [0.1, 0.15) is 30.8 Å². The van der Waals surface area contributed by atoms with Crippen LogP contribution < -0.4 is 5.32 Å². The average Bonchev–Trinajstić information content (AvgIpc) is 2.95. The summed E-state index contributed by atoms with van der Waals surface area (Å²) in [5.74, 6) is 1.81. The number of hydrogen-bond acceptors (Lipinski definition) is 4. The lowest BCUT2D eigenvalue weighted by Crippen LogP contribution is -2.20. The van der Waals surface area contributed by atoms with E-state index >= 15 is 0 Å². The number of aliphatic hydroxyl groups excluding tert-OH is 1. The van der Waals surface area contributed by atoms with Gasteiger partial charge in [0.25, 0.3) is 0 Å². The summed E-state index contributed by atoms with van der Waals surface area (Å²) >= 11 is 0. The van der Waals surface area contributed by atoms with Crippen LogP contribution in [-0.2, 0) is 6.54 Å². The molecule has 120 valence electrons. The highest BCUT2D eigenvalue weighted by molar-refractivity contribution is 5.58. The molecule has 0 bridgehead atoms. The Kier molecular flexibility index (Phi) is 6.19. The lowest BCUT2D eigenvalue weighted by Gasteiger charge is -2.09. The van der Waals surface area contributed by atoms with Crippen molar-refractivity contribution in [3.8, 4) is 11.3 Å². The molecule has 1 heterocycles. The van der Waals surface area contributed by atoms with Crippen LogP contribution in [0.4, 0.5) is 0 Å². The van der Waals surface area contributed by atoms with Crippen LogP contribution in [0.25, 0.3) is 11.3 Å². The maximum atomic E-state index is 9.53. The third-order valence-corrected chi connectivity index (χ3v) is 3.60. The SMILES string of the molecule is C[C@@H](O)c1ccc(-c2ccc(CNCCCN(C)C)o2)cc1. The highest BCUT2D eigenvalue weighted by Crippen LogP contribution is 2.24. The number of rotatable bonds is 8. The number of benzene rings is 1. The molecule has 0 unspecified atom stereocenters. The van der Waals surface area contributed by atoms with Crippen molar-refractivity contribution in [2.45, 2.75) is 26.0 Å². The first-order chi connectivity index (χ1) is 10.6. The predicted molar refractivity (Wildman–Crippen MR) is 89.7 cm³/mol. The van der Waals surface area contributed by atoms with Crippen molar-refractivity contribution in [2.24, 2.45) is 0 Å². The van der Waals surface area contributed by atoms with E-state index in [1.54, 1.807) is 6.92 Å². The van der Waals surface area contributed by atoms with Gasteiger partial charge in [0.15, 0.2) is 0 Å². The van der Waals surface area contributed by atoms with Gasteiger partial charge in [-0.2, -0.15) is 0 Å². The third-order valence-electron chi connectivity index (χ3n) is 3.60. The van der Waals surface area contributed by atoms with E-state index in [2.05, 4.69) is 24.3 Å². The summed E-state index contributed by atoms with van der Waals surface area (Å²) in [6.07, 6.45) is 0.689. The molecule has 0 radical (unpaired) electrons. The molecule has 0 saturated carbocycles. The largest absolute Gasteiger partial charge is 0.460 e. The molecule has 0 saturated heterocycles. The van der Waals surface area contributed by atoms with E-state index in [9.17, 15) is 5.11 Å². The minimum atomic E-state index is -0.437. The summed E-state index contributed by atoms with van der Waals surface area (Å²) in [5.41, 5.74) is 1.95. The molecule has 2 aromatic rings. The number of nitrogens with zero attached hydrogens (tertiary/aromatic N) is 1. The van der Waals surface area contributed by atoms with Gasteiger partial charge in [-0.3, -0.25) is 0 Å². The number of furan rings is 1. The van der Waals surface area contributed by atoms with Gasteiger partial charge in [-0.1, -0.05) is 24.3 Å². The first-order valence-corrected chi connectivity index (χ1v) is 7.79. The van der Waals surface area contributed by atoms with E-state index in [4.69, 9.17) is 4.42 Å². The quantitative estimate of drug-likeness (QED) is 0.736. The summed E-state index contributed by atoms with van der Waals surface area (Å²) in [6.45, 7) is 4.59. The molecule has 4 heteroatoms. The second-order valence-corrected chi connectivity index (χ2v) is 5.90. The molecule has 0 fully saturated rings. The lowest BCUT2D eigenvalue weighted by atomic mass is 10.1. The van der Waals surface area contributed by atoms with Crippen LogP contribution in [0.5, 0.6) is 0 Å². The van der Waals surface area contributed by atoms with Crippen LogP contribution in [0.15, 0.2) is 40.8 Å². The zero-order valence-corrected chi connectivity index (χ0v) is 13.7. The van der Waals surface area contributed by atoms with Crippen molar-refractivity contribution >= 4 is 0 Å². The Morgan fingerprint density at radius 3 is 2.50 bits per heavy atom. The van der Waals surface area contributed by atoms with Crippen molar-refractivity contribution in [3.63, 3.8) is 0 Å². The molecule has 2 rings (SSSR count). The van der Waals surface area contributed by atoms with Gasteiger partial charge in [0.05, 0.1) is 12.6 Å². The van der Waals surface area contributed by atoms with Crippen molar-refractivity contribution < 1.29 is 9.52 Å². The summed E-state index contributed by atoms with van der Waals surface area (Å²) in [4.78, 5) is 2.18. The van der Waals surface area contributed by atoms with Crippen molar-refractivity contribution in [1.82, 2.24) is 10.2 Å². The van der Waals surface area contributed by atoms with E-state index in [-0.39, 0.29) is 0 Å². The van der Waals surface area contributed by atoms with E-state index in [1.807, 2.05) is 36.4 Å². The molecule has 0 aliphatic carbocycles. The molecule has 1 aromatic heterocycles. The molecule has 0 amide bonds. The molecule has 2 N–H and O–H groups in total. The molecular weight excluding hydrogens is 276 g/mol. The Hall–Kier alpha value is -1.62. The topological polar surface area (TPSA) is 48.6 Å². The van der Waals surface area contributed by atoms with Gasteiger partial charge in [-0.05, 0) is 58.2 Å². The fourth-order valence-corrected chi connectivity index (χ4v) is 2.29. The van der Waals surface area contributed by atoms with Gasteiger partial charge >= 0.3 is 0 Å². The monoisotopic (exact) mass is 302 g/mol. The standard InChI is InChI=1S/C18H26N2O2/c1-14(21)15-5-7-16(8-6-15)18-10-9-17(22-18)13-19-11-4-12-20(2)3/h5-10,14,19,21H,4,11-13H2,1-3H3/t14-/m1/s1. The second kappa shape index (κ2) is 8.13. The predicted octanol–water partition coefficient (Wildman–Crippen LogP) is 3.04. The van der Waals surface area contributed by atoms with E-state index in [0.717, 1.165) is 48.7 Å². The molecule has 0 aliphatic heterocycles. The summed E-state index contributed by atoms with van der Waals surface area (Å²) in [7, 11) is 4.17. The van der Waals surface area contributed by atoms with E-state index in [0.29, 0.717) is 0 Å². The highest BCUT2D eigenvalue weighted by Gasteiger charge is 2.06. The molecule has 0 spiro atoms. The van der Waals surface area contributed by atoms with Gasteiger partial charge in [0.2, 0.25) is 0 Å². The zero-order valence-electron chi connectivity index (χ0n) is 13.7. The molecular formula is C18H26N2O2. The molecule has 1 atom stereocenters. The van der Waals surface area contributed by atoms with Crippen LogP contribution in [0, 0.1) is 0 Å². The van der Waals surface area contributed by atoms with Crippen molar-refractivity contribution in [1.29, 1.82) is 0 Å². The molecule has 1 aromatic carbocycles. The fraction of sp³-hybridized carbons (Fsp3) is 0.444. The minimum absolute atomic E-state index is 0.437. The third kappa shape index (κ3) is 4.98. The fourth-order valence-electron chi connectivity index (χ4n) is 2.29. The first-order valence-electron chi connectivity index (χ1n) is 7.79. The van der Waals surface area contributed by atoms with Crippen molar-refractivity contribution in [2.75, 3.05) is 27.2 Å². The van der Waals surface area contributed by atoms with Crippen LogP contribution in [0.2, 0.25) is 0 Å². The Morgan fingerprint density at radius 2 is 1.86 bits per heavy atom. The van der Waals surface area contributed by atoms with Gasteiger partial charge in [0, 0.05) is 5.56 Å². The van der Waals surface area contributed by atoms with Gasteiger partial charge < -0.3 is 19.7 Å². The number of aliphatic hydroxyl groups is 1. The van der Waals surface area contributed by atoms with Gasteiger partial charge in [0.1, 0.15) is 11.5 Å². The van der Waals surface area contributed by atoms with Gasteiger partial charge in [-0.15, -0.1) is 0 Å². The first kappa shape index (κ1) is 16.7. The second-order valence-electron chi connectivity index (χ2n) is 5.90. The zero-order chi connectivity index (χ0) is 15.9. The summed E-state index contributed by atoms with van der Waals surface area (Å²) in [5, 5.41) is 12.9. The minimum Gasteiger partial charge on any atom is -0.460 e. The Balaban J connectivity index is 1.85. The Bertz CT molecular complexity index is 559. The van der Waals surface area contributed by atoms with Crippen LogP contribution >= 0.6 is 0 Å². The van der Waals surface area contributed by atoms with E-state index in [1.165, 1.54) is 0 Å². The van der Waals surface area contributed by atoms with Gasteiger partial charge in [-0.25, -0.2) is 0 Å². The van der Waals surface area contributed by atoms with Crippen LogP contribution in [0.3, 0.4) is 0 Å². The maximum Gasteiger partial charge on any atom is 0.134 e.